The first-order chi connectivity index (χ1) is 13.5. The van der Waals surface area contributed by atoms with Crippen molar-refractivity contribution in [3.05, 3.63) is 66.0 Å². The van der Waals surface area contributed by atoms with E-state index in [9.17, 15) is 12.8 Å². The van der Waals surface area contributed by atoms with E-state index in [1.54, 1.807) is 30.3 Å². The molecule has 0 aromatic heterocycles. The van der Waals surface area contributed by atoms with Crippen LogP contribution in [0.5, 0.6) is 0 Å². The fourth-order valence-corrected chi connectivity index (χ4v) is 5.95. The summed E-state index contributed by atoms with van der Waals surface area (Å²) >= 11 is 0. The van der Waals surface area contributed by atoms with E-state index in [1.807, 2.05) is 35.2 Å². The molecule has 2 unspecified atom stereocenters. The van der Waals surface area contributed by atoms with Crippen LogP contribution in [0.3, 0.4) is 0 Å². The van der Waals surface area contributed by atoms with E-state index in [0.717, 1.165) is 5.56 Å². The van der Waals surface area contributed by atoms with Gasteiger partial charge in [-0.15, -0.1) is 0 Å². The van der Waals surface area contributed by atoms with Crippen LogP contribution < -0.4 is 4.90 Å². The first kappa shape index (κ1) is 19.3. The molecular weight excluding hydrogens is 381 g/mol. The maximum Gasteiger partial charge on any atom is 0.221 e. The molecule has 150 valence electrons. The first-order valence-corrected chi connectivity index (χ1v) is 10.9. The van der Waals surface area contributed by atoms with Gasteiger partial charge >= 0.3 is 0 Å². The van der Waals surface area contributed by atoms with Crippen molar-refractivity contribution in [2.75, 3.05) is 44.7 Å². The lowest BCUT2D eigenvalue weighted by Gasteiger charge is -2.37. The second-order valence-corrected chi connectivity index (χ2v) is 9.27. The molecule has 0 radical (unpaired) electrons. The third-order valence-corrected chi connectivity index (χ3v) is 7.75. The summed E-state index contributed by atoms with van der Waals surface area (Å²) in [4.78, 5) is 7.48. The first-order valence-electron chi connectivity index (χ1n) is 9.37. The van der Waals surface area contributed by atoms with E-state index >= 15 is 0 Å². The summed E-state index contributed by atoms with van der Waals surface area (Å²) < 4.78 is 42.3. The second kappa shape index (κ2) is 7.79. The Morgan fingerprint density at radius 3 is 2.29 bits per heavy atom. The average Bonchev–Trinajstić information content (AvgIpc) is 3.11. The van der Waals surface area contributed by atoms with Crippen molar-refractivity contribution in [1.82, 2.24) is 9.37 Å². The van der Waals surface area contributed by atoms with Gasteiger partial charge < -0.3 is 4.90 Å². The van der Waals surface area contributed by atoms with Crippen LogP contribution in [-0.2, 0) is 14.9 Å². The predicted molar refractivity (Wildman–Crippen MR) is 106 cm³/mol. The minimum Gasteiger partial charge on any atom is -0.367 e. The van der Waals surface area contributed by atoms with Crippen LogP contribution in [0.15, 0.2) is 54.6 Å². The van der Waals surface area contributed by atoms with Crippen molar-refractivity contribution < 1.29 is 17.6 Å². The second-order valence-electron chi connectivity index (χ2n) is 7.12. The molecular formula is C20H24FN3O3S. The van der Waals surface area contributed by atoms with Gasteiger partial charge in [-0.3, -0.25) is 4.84 Å². The zero-order chi connectivity index (χ0) is 19.7. The van der Waals surface area contributed by atoms with E-state index in [2.05, 4.69) is 0 Å². The smallest absolute Gasteiger partial charge is 0.221 e. The van der Waals surface area contributed by atoms with E-state index in [-0.39, 0.29) is 18.5 Å². The number of piperazine rings is 1. The number of para-hydroxylation sites is 1. The molecule has 2 saturated heterocycles. The highest BCUT2D eigenvalue weighted by Gasteiger charge is 2.46. The molecule has 2 aliphatic heterocycles. The lowest BCUT2D eigenvalue weighted by Crippen LogP contribution is -2.52. The number of anilines is 1. The summed E-state index contributed by atoms with van der Waals surface area (Å²) in [5.41, 5.74) is 1.44. The fraction of sp³-hybridized carbons (Fsp3) is 0.400. The van der Waals surface area contributed by atoms with Crippen molar-refractivity contribution >= 4 is 15.7 Å². The number of halogens is 1. The molecule has 2 fully saturated rings. The zero-order valence-electron chi connectivity index (χ0n) is 15.7. The van der Waals surface area contributed by atoms with Gasteiger partial charge in [-0.1, -0.05) is 42.5 Å². The topological polar surface area (TPSA) is 53.1 Å². The Bertz CT molecular complexity index is 917. The maximum absolute atomic E-state index is 14.0. The third kappa shape index (κ3) is 3.53. The molecule has 2 aromatic carbocycles. The Hall–Kier alpha value is -2.00. The van der Waals surface area contributed by atoms with Crippen molar-refractivity contribution in [2.24, 2.45) is 0 Å². The zero-order valence-corrected chi connectivity index (χ0v) is 16.6. The summed E-state index contributed by atoms with van der Waals surface area (Å²) in [5.74, 6) is -0.284. The van der Waals surface area contributed by atoms with Gasteiger partial charge in [0.15, 0.2) is 0 Å². The van der Waals surface area contributed by atoms with Crippen LogP contribution in [-0.4, -0.2) is 62.9 Å². The Labute approximate surface area is 165 Å². The molecule has 28 heavy (non-hydrogen) atoms. The highest BCUT2D eigenvalue weighted by molar-refractivity contribution is 7.89. The van der Waals surface area contributed by atoms with Gasteiger partial charge in [-0.25, -0.2) is 12.8 Å². The molecule has 0 aliphatic carbocycles. The van der Waals surface area contributed by atoms with Gasteiger partial charge in [0.2, 0.25) is 10.0 Å². The highest BCUT2D eigenvalue weighted by atomic mass is 32.2. The quantitative estimate of drug-likeness (QED) is 0.781. The fourth-order valence-electron chi connectivity index (χ4n) is 4.00. The SMILES string of the molecule is CN1OCC(S(=O)(=O)N2CCN(c3ccccc3F)CC2)C1c1ccccc1. The van der Waals surface area contributed by atoms with Crippen molar-refractivity contribution in [1.29, 1.82) is 0 Å². The summed E-state index contributed by atoms with van der Waals surface area (Å²) in [5, 5.41) is 0.965. The van der Waals surface area contributed by atoms with Gasteiger partial charge in [-0.05, 0) is 17.7 Å². The van der Waals surface area contributed by atoms with Gasteiger partial charge in [0.25, 0.3) is 0 Å². The monoisotopic (exact) mass is 405 g/mol. The van der Waals surface area contributed by atoms with Crippen LogP contribution in [0, 0.1) is 5.82 Å². The van der Waals surface area contributed by atoms with E-state index in [0.29, 0.717) is 31.9 Å². The standard InChI is InChI=1S/C20H24FN3O3S/c1-22-20(16-7-3-2-4-8-16)19(15-27-22)28(25,26)24-13-11-23(12-14-24)18-10-6-5-9-17(18)21/h2-10,19-20H,11-15H2,1H3. The van der Waals surface area contributed by atoms with Crippen LogP contribution in [0.2, 0.25) is 0 Å². The minimum atomic E-state index is -3.56. The number of hydrogen-bond donors (Lipinski definition) is 0. The molecule has 0 saturated carbocycles. The number of rotatable bonds is 4. The summed E-state index contributed by atoms with van der Waals surface area (Å²) in [6, 6.07) is 15.8. The lowest BCUT2D eigenvalue weighted by atomic mass is 10.0. The van der Waals surface area contributed by atoms with Crippen LogP contribution in [0.25, 0.3) is 0 Å². The number of hydrogen-bond acceptors (Lipinski definition) is 5. The van der Waals surface area contributed by atoms with Crippen molar-refractivity contribution in [3.63, 3.8) is 0 Å². The third-order valence-electron chi connectivity index (χ3n) is 5.50. The Morgan fingerprint density at radius 1 is 0.964 bits per heavy atom. The van der Waals surface area contributed by atoms with E-state index < -0.39 is 15.3 Å². The van der Waals surface area contributed by atoms with Gasteiger partial charge in [0, 0.05) is 33.2 Å². The summed E-state index contributed by atoms with van der Waals surface area (Å²) in [7, 11) is -1.79. The normalized spacial score (nSPS) is 24.6. The van der Waals surface area contributed by atoms with E-state index in [4.69, 9.17) is 4.84 Å². The Kier molecular flexibility index (Phi) is 5.37. The minimum absolute atomic E-state index is 0.131. The molecule has 2 atom stereocenters. The molecule has 0 amide bonds. The largest absolute Gasteiger partial charge is 0.367 e. The molecule has 2 aromatic rings. The molecule has 6 nitrogen and oxygen atoms in total. The van der Waals surface area contributed by atoms with Gasteiger partial charge in [0.1, 0.15) is 11.1 Å². The number of sulfonamides is 1. The molecule has 0 spiro atoms. The van der Waals surface area contributed by atoms with Gasteiger partial charge in [-0.2, -0.15) is 9.37 Å². The lowest BCUT2D eigenvalue weighted by molar-refractivity contribution is -0.110. The Morgan fingerprint density at radius 2 is 1.61 bits per heavy atom. The number of nitrogens with zero attached hydrogens (tertiary/aromatic N) is 3. The maximum atomic E-state index is 14.0. The summed E-state index contributed by atoms with van der Waals surface area (Å²) in [6.07, 6.45) is 0. The predicted octanol–water partition coefficient (Wildman–Crippen LogP) is 2.26. The number of hydroxylamine groups is 2. The molecule has 8 heteroatoms. The van der Waals surface area contributed by atoms with Crippen LogP contribution in [0.1, 0.15) is 11.6 Å². The van der Waals surface area contributed by atoms with Gasteiger partial charge in [0.05, 0.1) is 18.3 Å². The number of benzene rings is 2. The summed E-state index contributed by atoms with van der Waals surface area (Å²) in [6.45, 7) is 1.71. The molecule has 2 heterocycles. The molecule has 0 N–H and O–H groups in total. The van der Waals surface area contributed by atoms with E-state index in [1.165, 1.54) is 10.4 Å². The van der Waals surface area contributed by atoms with Crippen LogP contribution in [0.4, 0.5) is 10.1 Å². The molecule has 4 rings (SSSR count). The highest BCUT2D eigenvalue weighted by Crippen LogP contribution is 2.35. The average molecular weight is 405 g/mol. The van der Waals surface area contributed by atoms with Crippen molar-refractivity contribution in [2.45, 2.75) is 11.3 Å². The van der Waals surface area contributed by atoms with Crippen molar-refractivity contribution in [3.8, 4) is 0 Å². The molecule has 2 aliphatic rings. The van der Waals surface area contributed by atoms with Crippen LogP contribution >= 0.6 is 0 Å². The Balaban J connectivity index is 1.51. The molecule has 0 bridgehead atoms.